The predicted molar refractivity (Wildman–Crippen MR) is 131 cm³/mol. The standard InChI is InChI=1S/C24H36N4O9/c29-21(30)14-25-6-8-26(15-22(31)32)10-12-28(13-11-27(9-7-25)16-23(33)34)17-24(35)37-19-36-18-20-4-2-1-3-5-20/h1-5H,6-19H2,(H,29,30)(H,31,32)(H,33,34). The minimum atomic E-state index is -1.01. The topological polar surface area (TPSA) is 160 Å². The van der Waals surface area contributed by atoms with Gasteiger partial charge in [0.1, 0.15) is 0 Å². The number of carboxylic acid groups (broad SMARTS) is 3. The van der Waals surface area contributed by atoms with Crippen LogP contribution in [-0.4, -0.2) is 144 Å². The van der Waals surface area contributed by atoms with Crippen LogP contribution in [0.15, 0.2) is 30.3 Å². The molecule has 1 aliphatic heterocycles. The van der Waals surface area contributed by atoms with Gasteiger partial charge < -0.3 is 24.8 Å². The second kappa shape index (κ2) is 16.6. The fourth-order valence-electron chi connectivity index (χ4n) is 3.85. The number of nitrogens with zero attached hydrogens (tertiary/aromatic N) is 4. The van der Waals surface area contributed by atoms with E-state index in [0.29, 0.717) is 59.0 Å². The van der Waals surface area contributed by atoms with E-state index in [9.17, 15) is 34.5 Å². The monoisotopic (exact) mass is 524 g/mol. The molecule has 0 radical (unpaired) electrons. The smallest absolute Gasteiger partial charge is 0.322 e. The average molecular weight is 525 g/mol. The molecule has 13 nitrogen and oxygen atoms in total. The molecule has 37 heavy (non-hydrogen) atoms. The van der Waals surface area contributed by atoms with Crippen LogP contribution in [0.5, 0.6) is 0 Å². The van der Waals surface area contributed by atoms with Gasteiger partial charge in [0, 0.05) is 52.4 Å². The Morgan fingerprint density at radius 3 is 1.38 bits per heavy atom. The van der Waals surface area contributed by atoms with Gasteiger partial charge in [-0.3, -0.25) is 38.8 Å². The van der Waals surface area contributed by atoms with Crippen LogP contribution in [0.4, 0.5) is 0 Å². The van der Waals surface area contributed by atoms with Crippen molar-refractivity contribution < 1.29 is 44.0 Å². The highest BCUT2D eigenvalue weighted by Crippen LogP contribution is 2.03. The van der Waals surface area contributed by atoms with E-state index >= 15 is 0 Å². The molecular weight excluding hydrogens is 488 g/mol. The van der Waals surface area contributed by atoms with Crippen LogP contribution in [0.1, 0.15) is 5.56 Å². The minimum Gasteiger partial charge on any atom is -0.480 e. The van der Waals surface area contributed by atoms with Crippen molar-refractivity contribution in [2.24, 2.45) is 0 Å². The first-order chi connectivity index (χ1) is 17.7. The van der Waals surface area contributed by atoms with Crippen molar-refractivity contribution in [1.82, 2.24) is 19.6 Å². The highest BCUT2D eigenvalue weighted by molar-refractivity contribution is 5.71. The number of esters is 1. The lowest BCUT2D eigenvalue weighted by Crippen LogP contribution is -2.49. The molecule has 206 valence electrons. The fourth-order valence-corrected chi connectivity index (χ4v) is 3.85. The van der Waals surface area contributed by atoms with Crippen molar-refractivity contribution in [1.29, 1.82) is 0 Å². The summed E-state index contributed by atoms with van der Waals surface area (Å²) in [5, 5.41) is 27.8. The molecule has 2 rings (SSSR count). The van der Waals surface area contributed by atoms with E-state index in [1.54, 1.807) is 19.6 Å². The maximum atomic E-state index is 12.4. The number of carbonyl (C=O) groups is 4. The predicted octanol–water partition coefficient (Wildman–Crippen LogP) is -0.821. The third kappa shape index (κ3) is 13.7. The lowest BCUT2D eigenvalue weighted by Gasteiger charge is -2.32. The number of hydrogen-bond acceptors (Lipinski definition) is 10. The lowest BCUT2D eigenvalue weighted by atomic mass is 10.2. The summed E-state index contributed by atoms with van der Waals surface area (Å²) in [6.07, 6.45) is 0. The second-order valence-corrected chi connectivity index (χ2v) is 8.75. The molecule has 0 aromatic heterocycles. The average Bonchev–Trinajstić information content (AvgIpc) is 2.83. The zero-order valence-corrected chi connectivity index (χ0v) is 20.9. The molecule has 1 saturated heterocycles. The molecule has 0 saturated carbocycles. The Kier molecular flexibility index (Phi) is 13.5. The zero-order chi connectivity index (χ0) is 27.0. The Hall–Kier alpha value is -3.10. The Morgan fingerprint density at radius 1 is 0.622 bits per heavy atom. The number of carboxylic acids is 3. The first-order valence-corrected chi connectivity index (χ1v) is 12.0. The minimum absolute atomic E-state index is 0.0678. The first-order valence-electron chi connectivity index (χ1n) is 12.0. The summed E-state index contributed by atoms with van der Waals surface area (Å²) in [6.45, 7) is 1.90. The lowest BCUT2D eigenvalue weighted by molar-refractivity contribution is -0.159. The van der Waals surface area contributed by atoms with Crippen LogP contribution in [0, 0.1) is 0 Å². The molecule has 1 aliphatic rings. The quantitative estimate of drug-likeness (QED) is 0.177. The molecule has 0 amide bonds. The summed E-state index contributed by atoms with van der Waals surface area (Å²) in [5.41, 5.74) is 0.945. The molecule has 1 aromatic rings. The highest BCUT2D eigenvalue weighted by Gasteiger charge is 2.21. The summed E-state index contributed by atoms with van der Waals surface area (Å²) < 4.78 is 10.6. The number of carbonyl (C=O) groups excluding carboxylic acids is 1. The molecule has 1 heterocycles. The van der Waals surface area contributed by atoms with E-state index in [0.717, 1.165) is 5.56 Å². The SMILES string of the molecule is O=C(O)CN1CCN(CC(=O)O)CCN(CC(=O)OCOCc2ccccc2)CCN(CC(=O)O)CC1. The highest BCUT2D eigenvalue weighted by atomic mass is 16.7. The molecular formula is C24H36N4O9. The van der Waals surface area contributed by atoms with E-state index in [4.69, 9.17) is 9.47 Å². The van der Waals surface area contributed by atoms with Crippen LogP contribution < -0.4 is 0 Å². The molecule has 0 bridgehead atoms. The summed E-state index contributed by atoms with van der Waals surface area (Å²) in [5.74, 6) is -3.54. The molecule has 0 aliphatic carbocycles. The fraction of sp³-hybridized carbons (Fsp3) is 0.583. The number of aliphatic carboxylic acids is 3. The van der Waals surface area contributed by atoms with Gasteiger partial charge in [-0.2, -0.15) is 0 Å². The van der Waals surface area contributed by atoms with Crippen LogP contribution >= 0.6 is 0 Å². The summed E-state index contributed by atoms with van der Waals surface area (Å²) in [7, 11) is 0. The molecule has 1 fully saturated rings. The van der Waals surface area contributed by atoms with Crippen LogP contribution in [0.25, 0.3) is 0 Å². The van der Waals surface area contributed by atoms with E-state index in [2.05, 4.69) is 0 Å². The first kappa shape index (κ1) is 30.1. The van der Waals surface area contributed by atoms with Gasteiger partial charge in [-0.05, 0) is 5.56 Å². The van der Waals surface area contributed by atoms with Gasteiger partial charge in [0.2, 0.25) is 0 Å². The van der Waals surface area contributed by atoms with Gasteiger partial charge in [-0.25, -0.2) is 0 Å². The van der Waals surface area contributed by atoms with E-state index < -0.39 is 23.9 Å². The zero-order valence-electron chi connectivity index (χ0n) is 20.9. The summed E-state index contributed by atoms with van der Waals surface area (Å²) in [4.78, 5) is 53.2. The van der Waals surface area contributed by atoms with Crippen LogP contribution in [-0.2, 0) is 35.3 Å². The van der Waals surface area contributed by atoms with E-state index in [1.165, 1.54) is 0 Å². The number of hydrogen-bond donors (Lipinski definition) is 3. The van der Waals surface area contributed by atoms with Crippen LogP contribution in [0.3, 0.4) is 0 Å². The van der Waals surface area contributed by atoms with E-state index in [-0.39, 0.29) is 33.0 Å². The van der Waals surface area contributed by atoms with Crippen molar-refractivity contribution in [2.75, 3.05) is 85.3 Å². The Bertz CT molecular complexity index is 839. The third-order valence-corrected chi connectivity index (χ3v) is 5.77. The Morgan fingerprint density at radius 2 is 1.00 bits per heavy atom. The van der Waals surface area contributed by atoms with Gasteiger partial charge in [0.05, 0.1) is 32.8 Å². The maximum Gasteiger partial charge on any atom is 0.322 e. The van der Waals surface area contributed by atoms with Crippen LogP contribution in [0.2, 0.25) is 0 Å². The van der Waals surface area contributed by atoms with Crippen molar-refractivity contribution in [3.05, 3.63) is 35.9 Å². The molecule has 3 N–H and O–H groups in total. The van der Waals surface area contributed by atoms with Gasteiger partial charge in [-0.1, -0.05) is 30.3 Å². The number of benzene rings is 1. The second-order valence-electron chi connectivity index (χ2n) is 8.75. The summed E-state index contributed by atoms with van der Waals surface area (Å²) >= 11 is 0. The van der Waals surface area contributed by atoms with Gasteiger partial charge in [-0.15, -0.1) is 0 Å². The third-order valence-electron chi connectivity index (χ3n) is 5.77. The largest absolute Gasteiger partial charge is 0.480 e. The van der Waals surface area contributed by atoms with E-state index in [1.807, 2.05) is 30.3 Å². The molecule has 13 heteroatoms. The maximum absolute atomic E-state index is 12.4. The Balaban J connectivity index is 1.98. The van der Waals surface area contributed by atoms with Gasteiger partial charge in [0.25, 0.3) is 0 Å². The molecule has 1 aromatic carbocycles. The van der Waals surface area contributed by atoms with Gasteiger partial charge in [0.15, 0.2) is 6.79 Å². The van der Waals surface area contributed by atoms with Gasteiger partial charge >= 0.3 is 23.9 Å². The van der Waals surface area contributed by atoms with Crippen molar-refractivity contribution >= 4 is 23.9 Å². The Labute approximate surface area is 215 Å². The molecule has 0 spiro atoms. The van der Waals surface area contributed by atoms with Crippen molar-refractivity contribution in [3.8, 4) is 0 Å². The molecule has 0 atom stereocenters. The number of ether oxygens (including phenoxy) is 2. The summed E-state index contributed by atoms with van der Waals surface area (Å²) in [6, 6.07) is 9.44. The van der Waals surface area contributed by atoms with Crippen molar-refractivity contribution in [2.45, 2.75) is 6.61 Å². The van der Waals surface area contributed by atoms with Crippen molar-refractivity contribution in [3.63, 3.8) is 0 Å². The molecule has 0 unspecified atom stereocenters. The normalized spacial score (nSPS) is 17.4. The number of rotatable bonds is 12.